The number of hydrogen-bond donors (Lipinski definition) is 1. The minimum atomic E-state index is -4.60. The van der Waals surface area contributed by atoms with Crippen LogP contribution in [0.2, 0.25) is 0 Å². The topological polar surface area (TPSA) is 69.8 Å². The van der Waals surface area contributed by atoms with Gasteiger partial charge in [0.15, 0.2) is 5.65 Å². The monoisotopic (exact) mass is 344 g/mol. The van der Waals surface area contributed by atoms with Crippen molar-refractivity contribution in [2.75, 3.05) is 31.1 Å². The maximum atomic E-state index is 13.0. The number of β-amino-alcohol motifs (C(OH)–C–C–N with tert-alkyl or cyclic N) is 1. The van der Waals surface area contributed by atoms with Crippen LogP contribution in [0.5, 0.6) is 0 Å². The van der Waals surface area contributed by atoms with Gasteiger partial charge in [0.2, 0.25) is 0 Å². The largest absolute Gasteiger partial charge is 0.453 e. The van der Waals surface area contributed by atoms with Crippen molar-refractivity contribution in [2.45, 2.75) is 32.2 Å². The lowest BCUT2D eigenvalue weighted by molar-refractivity contribution is -0.146. The molecule has 0 radical (unpaired) electrons. The van der Waals surface area contributed by atoms with E-state index in [1.807, 2.05) is 11.8 Å². The summed E-state index contributed by atoms with van der Waals surface area (Å²) in [6.07, 6.45) is -5.02. The number of rotatable bonds is 3. The van der Waals surface area contributed by atoms with E-state index < -0.39 is 18.1 Å². The van der Waals surface area contributed by atoms with Crippen molar-refractivity contribution in [3.8, 4) is 0 Å². The van der Waals surface area contributed by atoms with Crippen molar-refractivity contribution < 1.29 is 18.3 Å². The number of alkyl halides is 3. The van der Waals surface area contributed by atoms with Gasteiger partial charge in [-0.05, 0) is 26.0 Å². The van der Waals surface area contributed by atoms with Crippen LogP contribution in [-0.4, -0.2) is 68.1 Å². The van der Waals surface area contributed by atoms with Crippen LogP contribution in [0.4, 0.5) is 19.0 Å². The second-order valence-electron chi connectivity index (χ2n) is 6.13. The summed E-state index contributed by atoms with van der Waals surface area (Å²) in [7, 11) is 0. The third-order valence-corrected chi connectivity index (χ3v) is 4.03. The van der Waals surface area contributed by atoms with Gasteiger partial charge in [-0.3, -0.25) is 4.90 Å². The molecule has 132 valence electrons. The predicted molar refractivity (Wildman–Crippen MR) is 80.7 cm³/mol. The molecule has 2 unspecified atom stereocenters. The molecule has 0 amide bonds. The van der Waals surface area contributed by atoms with Crippen LogP contribution >= 0.6 is 0 Å². The number of halogens is 3. The fourth-order valence-electron chi connectivity index (χ4n) is 3.02. The molecule has 3 rings (SSSR count). The van der Waals surface area contributed by atoms with Crippen molar-refractivity contribution in [3.63, 3.8) is 0 Å². The Hall–Kier alpha value is -1.94. The minimum absolute atomic E-state index is 0.0615. The van der Waals surface area contributed by atoms with E-state index in [1.54, 1.807) is 13.0 Å². The molecule has 0 aliphatic carbocycles. The SMILES string of the molecule is CC(O)CN1CCN(c2ccc3nnc(C(F)(F)F)n3n2)C(C)C1. The van der Waals surface area contributed by atoms with E-state index >= 15 is 0 Å². The molecule has 1 saturated heterocycles. The minimum Gasteiger partial charge on any atom is -0.392 e. The van der Waals surface area contributed by atoms with Crippen molar-refractivity contribution in [1.82, 2.24) is 24.7 Å². The van der Waals surface area contributed by atoms with Crippen molar-refractivity contribution in [2.24, 2.45) is 0 Å². The van der Waals surface area contributed by atoms with E-state index in [-0.39, 0.29) is 11.7 Å². The van der Waals surface area contributed by atoms with Crippen LogP contribution in [0, 0.1) is 0 Å². The fraction of sp³-hybridized carbons (Fsp3) is 0.643. The van der Waals surface area contributed by atoms with Gasteiger partial charge in [-0.25, -0.2) is 0 Å². The van der Waals surface area contributed by atoms with Gasteiger partial charge >= 0.3 is 6.18 Å². The number of fused-ring (bicyclic) bond motifs is 1. The highest BCUT2D eigenvalue weighted by molar-refractivity contribution is 5.47. The highest BCUT2D eigenvalue weighted by Crippen LogP contribution is 2.28. The van der Waals surface area contributed by atoms with Gasteiger partial charge in [0, 0.05) is 32.2 Å². The molecule has 0 aromatic carbocycles. The molecular formula is C14H19F3N6O. The Kier molecular flexibility index (Phi) is 4.35. The van der Waals surface area contributed by atoms with Gasteiger partial charge < -0.3 is 10.0 Å². The second-order valence-corrected chi connectivity index (χ2v) is 6.13. The summed E-state index contributed by atoms with van der Waals surface area (Å²) in [6, 6.07) is 3.21. The van der Waals surface area contributed by atoms with Crippen molar-refractivity contribution in [3.05, 3.63) is 18.0 Å². The van der Waals surface area contributed by atoms with E-state index in [0.29, 0.717) is 32.0 Å². The van der Waals surface area contributed by atoms with E-state index in [0.717, 1.165) is 4.52 Å². The molecular weight excluding hydrogens is 325 g/mol. The molecule has 0 spiro atoms. The Morgan fingerprint density at radius 2 is 2.04 bits per heavy atom. The number of aromatic nitrogens is 4. The van der Waals surface area contributed by atoms with E-state index in [9.17, 15) is 18.3 Å². The first-order valence-electron chi connectivity index (χ1n) is 7.72. The van der Waals surface area contributed by atoms with Crippen molar-refractivity contribution >= 4 is 11.5 Å². The Bertz CT molecular complexity index is 716. The zero-order valence-electron chi connectivity index (χ0n) is 13.4. The average Bonchev–Trinajstić information content (AvgIpc) is 2.89. The number of hydrogen-bond acceptors (Lipinski definition) is 6. The van der Waals surface area contributed by atoms with Gasteiger partial charge in [0.05, 0.1) is 6.10 Å². The third kappa shape index (κ3) is 3.29. The summed E-state index contributed by atoms with van der Waals surface area (Å²) < 4.78 is 39.6. The lowest BCUT2D eigenvalue weighted by Gasteiger charge is -2.40. The lowest BCUT2D eigenvalue weighted by atomic mass is 10.2. The number of aliphatic hydroxyl groups excluding tert-OH is 1. The molecule has 2 aromatic heterocycles. The number of nitrogens with zero attached hydrogens (tertiary/aromatic N) is 6. The molecule has 24 heavy (non-hydrogen) atoms. The predicted octanol–water partition coefficient (Wildman–Crippen LogP) is 1.03. The summed E-state index contributed by atoms with van der Waals surface area (Å²) in [5.74, 6) is -0.670. The summed E-state index contributed by atoms with van der Waals surface area (Å²) in [4.78, 5) is 4.09. The highest BCUT2D eigenvalue weighted by atomic mass is 19.4. The normalized spacial score (nSPS) is 21.4. The summed E-state index contributed by atoms with van der Waals surface area (Å²) in [6.45, 7) is 6.33. The van der Waals surface area contributed by atoms with Crippen molar-refractivity contribution in [1.29, 1.82) is 0 Å². The van der Waals surface area contributed by atoms with Gasteiger partial charge in [0.25, 0.3) is 5.82 Å². The van der Waals surface area contributed by atoms with Crippen LogP contribution in [0.15, 0.2) is 12.1 Å². The number of piperazine rings is 1. The molecule has 0 bridgehead atoms. The maximum absolute atomic E-state index is 13.0. The first kappa shape index (κ1) is 16.9. The summed E-state index contributed by atoms with van der Waals surface area (Å²) in [5, 5.41) is 20.3. The average molecular weight is 344 g/mol. The first-order valence-corrected chi connectivity index (χ1v) is 7.72. The summed E-state index contributed by atoms with van der Waals surface area (Å²) >= 11 is 0. The van der Waals surface area contributed by atoms with Crippen LogP contribution in [0.3, 0.4) is 0 Å². The van der Waals surface area contributed by atoms with Crippen LogP contribution in [0.1, 0.15) is 19.7 Å². The molecule has 2 aromatic rings. The molecule has 1 aliphatic heterocycles. The Morgan fingerprint density at radius 3 is 2.67 bits per heavy atom. The molecule has 7 nitrogen and oxygen atoms in total. The van der Waals surface area contributed by atoms with Crippen LogP contribution in [0.25, 0.3) is 5.65 Å². The Balaban J connectivity index is 1.85. The molecule has 1 fully saturated rings. The van der Waals surface area contributed by atoms with Gasteiger partial charge in [-0.1, -0.05) is 0 Å². The number of anilines is 1. The molecule has 1 aliphatic rings. The van der Waals surface area contributed by atoms with Gasteiger partial charge in [-0.15, -0.1) is 15.3 Å². The number of aliphatic hydroxyl groups is 1. The van der Waals surface area contributed by atoms with Crippen LogP contribution in [-0.2, 0) is 6.18 Å². The first-order chi connectivity index (χ1) is 11.3. The molecule has 10 heteroatoms. The second kappa shape index (κ2) is 6.17. The van der Waals surface area contributed by atoms with E-state index in [2.05, 4.69) is 20.2 Å². The van der Waals surface area contributed by atoms with Gasteiger partial charge in [-0.2, -0.15) is 17.7 Å². The molecule has 3 heterocycles. The van der Waals surface area contributed by atoms with Crippen LogP contribution < -0.4 is 4.90 Å². The fourth-order valence-corrected chi connectivity index (χ4v) is 3.02. The molecule has 0 saturated carbocycles. The Labute approximate surface area is 136 Å². The lowest BCUT2D eigenvalue weighted by Crippen LogP contribution is -2.53. The summed E-state index contributed by atoms with van der Waals surface area (Å²) in [5.41, 5.74) is 0.0615. The zero-order valence-corrected chi connectivity index (χ0v) is 13.4. The van der Waals surface area contributed by atoms with E-state index in [4.69, 9.17) is 0 Å². The Morgan fingerprint density at radius 1 is 1.29 bits per heavy atom. The molecule has 2 atom stereocenters. The molecule has 1 N–H and O–H groups in total. The standard InChI is InChI=1S/C14H19F3N6O/c1-9-7-21(8-10(2)24)5-6-22(9)12-4-3-11-18-19-13(14(15,16)17)23(11)20-12/h3-4,9-10,24H,5-8H2,1-2H3. The maximum Gasteiger partial charge on any atom is 0.453 e. The van der Waals surface area contributed by atoms with Gasteiger partial charge in [0.1, 0.15) is 5.82 Å². The smallest absolute Gasteiger partial charge is 0.392 e. The third-order valence-electron chi connectivity index (χ3n) is 4.03. The zero-order chi connectivity index (χ0) is 17.5. The highest BCUT2D eigenvalue weighted by Gasteiger charge is 2.38. The quantitative estimate of drug-likeness (QED) is 0.897. The van der Waals surface area contributed by atoms with E-state index in [1.165, 1.54) is 6.07 Å².